The van der Waals surface area contributed by atoms with Crippen LogP contribution in [0.25, 0.3) is 0 Å². The molecule has 2 atom stereocenters. The fraction of sp³-hybridized carbons (Fsp3) is 0.588. The summed E-state index contributed by atoms with van der Waals surface area (Å²) < 4.78 is 5.17. The van der Waals surface area contributed by atoms with E-state index in [2.05, 4.69) is 34.5 Å². The van der Waals surface area contributed by atoms with Crippen molar-refractivity contribution in [3.05, 3.63) is 29.8 Å². The van der Waals surface area contributed by atoms with Crippen LogP contribution in [0, 0.1) is 0 Å². The number of anilines is 1. The van der Waals surface area contributed by atoms with E-state index >= 15 is 0 Å². The van der Waals surface area contributed by atoms with Gasteiger partial charge in [-0.15, -0.1) is 0 Å². The molecule has 2 heterocycles. The molecule has 1 saturated heterocycles. The number of nitrogens with one attached hydrogen (secondary N) is 1. The molecule has 0 bridgehead atoms. The predicted octanol–water partition coefficient (Wildman–Crippen LogP) is 2.04. The molecule has 1 amide bonds. The second-order valence-electron chi connectivity index (χ2n) is 5.96. The van der Waals surface area contributed by atoms with E-state index in [0.29, 0.717) is 18.6 Å². The predicted molar refractivity (Wildman–Crippen MR) is 87.5 cm³/mol. The molecule has 0 aliphatic carbocycles. The van der Waals surface area contributed by atoms with Crippen LogP contribution in [0.2, 0.25) is 0 Å². The molecule has 5 nitrogen and oxygen atoms in total. The molecule has 0 unspecified atom stereocenters. The molecular weight excluding hydrogens is 278 g/mol. The second-order valence-corrected chi connectivity index (χ2v) is 5.96. The minimum Gasteiger partial charge on any atom is -0.450 e. The van der Waals surface area contributed by atoms with Crippen molar-refractivity contribution in [3.8, 4) is 0 Å². The number of fused-ring (bicyclic) bond motifs is 3. The van der Waals surface area contributed by atoms with Gasteiger partial charge in [-0.25, -0.2) is 4.79 Å². The Bertz CT molecular complexity index is 534. The third kappa shape index (κ3) is 2.65. The summed E-state index contributed by atoms with van der Waals surface area (Å²) in [7, 11) is 1.99. The molecule has 2 aliphatic heterocycles. The van der Waals surface area contributed by atoms with Crippen molar-refractivity contribution in [2.45, 2.75) is 25.3 Å². The Morgan fingerprint density at radius 2 is 2.23 bits per heavy atom. The number of rotatable bonds is 4. The lowest BCUT2D eigenvalue weighted by atomic mass is 9.89. The van der Waals surface area contributed by atoms with Gasteiger partial charge in [-0.1, -0.05) is 18.2 Å². The summed E-state index contributed by atoms with van der Waals surface area (Å²) in [6.45, 7) is 5.82. The van der Waals surface area contributed by atoms with Crippen molar-refractivity contribution >= 4 is 11.8 Å². The largest absolute Gasteiger partial charge is 0.450 e. The van der Waals surface area contributed by atoms with Crippen LogP contribution in [-0.2, 0) is 4.74 Å². The number of benzene rings is 1. The van der Waals surface area contributed by atoms with Gasteiger partial charge in [-0.2, -0.15) is 0 Å². The fourth-order valence-electron chi connectivity index (χ4n) is 3.76. The summed E-state index contributed by atoms with van der Waals surface area (Å²) in [5.74, 6) is 0.395. The molecule has 1 aromatic carbocycles. The monoisotopic (exact) mass is 303 g/mol. The Labute approximate surface area is 132 Å². The second kappa shape index (κ2) is 6.57. The first kappa shape index (κ1) is 15.2. The number of hydrogen-bond acceptors (Lipinski definition) is 4. The SMILES string of the molecule is CCOC(=O)N1CC[C@H]2[C@@H](C1)c1ccccc1N2CCNC. The zero-order valence-corrected chi connectivity index (χ0v) is 13.4. The highest BCUT2D eigenvalue weighted by Crippen LogP contribution is 2.44. The Morgan fingerprint density at radius 3 is 3.00 bits per heavy atom. The third-order valence-corrected chi connectivity index (χ3v) is 4.75. The topological polar surface area (TPSA) is 44.8 Å². The number of piperidine rings is 1. The highest BCUT2D eigenvalue weighted by atomic mass is 16.6. The molecule has 120 valence electrons. The number of carbonyl (C=O) groups is 1. The van der Waals surface area contributed by atoms with Gasteiger partial charge in [-0.05, 0) is 32.0 Å². The zero-order valence-electron chi connectivity index (χ0n) is 13.4. The van der Waals surface area contributed by atoms with E-state index in [-0.39, 0.29) is 6.09 Å². The van der Waals surface area contributed by atoms with Crippen molar-refractivity contribution in [1.29, 1.82) is 0 Å². The maximum Gasteiger partial charge on any atom is 0.409 e. The number of amides is 1. The molecule has 5 heteroatoms. The van der Waals surface area contributed by atoms with E-state index in [9.17, 15) is 4.79 Å². The van der Waals surface area contributed by atoms with Crippen LogP contribution in [0.1, 0.15) is 24.8 Å². The maximum atomic E-state index is 12.0. The van der Waals surface area contributed by atoms with Gasteiger partial charge in [-0.3, -0.25) is 0 Å². The number of nitrogens with zero attached hydrogens (tertiary/aromatic N) is 2. The van der Waals surface area contributed by atoms with Crippen LogP contribution in [0.4, 0.5) is 10.5 Å². The van der Waals surface area contributed by atoms with E-state index in [1.165, 1.54) is 11.3 Å². The Kier molecular flexibility index (Phi) is 4.52. The van der Waals surface area contributed by atoms with Crippen LogP contribution in [0.3, 0.4) is 0 Å². The van der Waals surface area contributed by atoms with Crippen molar-refractivity contribution in [2.75, 3.05) is 44.7 Å². The van der Waals surface area contributed by atoms with Crippen LogP contribution < -0.4 is 10.2 Å². The number of likely N-dealkylation sites (tertiary alicyclic amines) is 1. The zero-order chi connectivity index (χ0) is 15.5. The van der Waals surface area contributed by atoms with Crippen molar-refractivity contribution in [3.63, 3.8) is 0 Å². The van der Waals surface area contributed by atoms with E-state index in [0.717, 1.165) is 32.6 Å². The molecule has 0 saturated carbocycles. The molecular formula is C17H25N3O2. The van der Waals surface area contributed by atoms with Gasteiger partial charge in [0.15, 0.2) is 0 Å². The van der Waals surface area contributed by atoms with Crippen LogP contribution in [0.5, 0.6) is 0 Å². The number of para-hydroxylation sites is 1. The van der Waals surface area contributed by atoms with Crippen LogP contribution in [-0.4, -0.2) is 56.9 Å². The molecule has 2 aliphatic rings. The lowest BCUT2D eigenvalue weighted by Crippen LogP contribution is -2.49. The molecule has 0 aromatic heterocycles. The lowest BCUT2D eigenvalue weighted by Gasteiger charge is -2.38. The molecule has 0 spiro atoms. The smallest absolute Gasteiger partial charge is 0.409 e. The van der Waals surface area contributed by atoms with Gasteiger partial charge >= 0.3 is 6.09 Å². The first-order chi connectivity index (χ1) is 10.8. The summed E-state index contributed by atoms with van der Waals surface area (Å²) in [4.78, 5) is 16.4. The van der Waals surface area contributed by atoms with Crippen LogP contribution in [0.15, 0.2) is 24.3 Å². The molecule has 0 radical (unpaired) electrons. The summed E-state index contributed by atoms with van der Waals surface area (Å²) in [6, 6.07) is 9.11. The van der Waals surface area contributed by atoms with E-state index in [1.54, 1.807) is 0 Å². The molecule has 1 N–H and O–H groups in total. The lowest BCUT2D eigenvalue weighted by molar-refractivity contribution is 0.0934. The first-order valence-electron chi connectivity index (χ1n) is 8.18. The standard InChI is InChI=1S/C17H25N3O2/c1-3-22-17(21)19-10-8-16-14(12-19)13-6-4-5-7-15(13)20(16)11-9-18-2/h4-7,14,16,18H,3,8-12H2,1-2H3/t14-,16-/m0/s1. The van der Waals surface area contributed by atoms with E-state index < -0.39 is 0 Å². The van der Waals surface area contributed by atoms with Gasteiger partial charge in [0.2, 0.25) is 0 Å². The van der Waals surface area contributed by atoms with Gasteiger partial charge in [0.1, 0.15) is 0 Å². The minimum absolute atomic E-state index is 0.174. The van der Waals surface area contributed by atoms with Gasteiger partial charge < -0.3 is 19.9 Å². The molecule has 1 fully saturated rings. The van der Waals surface area contributed by atoms with Crippen molar-refractivity contribution in [2.24, 2.45) is 0 Å². The Morgan fingerprint density at radius 1 is 1.41 bits per heavy atom. The van der Waals surface area contributed by atoms with E-state index in [1.807, 2.05) is 18.9 Å². The van der Waals surface area contributed by atoms with E-state index in [4.69, 9.17) is 4.74 Å². The van der Waals surface area contributed by atoms with Crippen molar-refractivity contribution < 1.29 is 9.53 Å². The number of ether oxygens (including phenoxy) is 1. The summed E-state index contributed by atoms with van der Waals surface area (Å²) in [5.41, 5.74) is 2.70. The molecule has 3 rings (SSSR count). The summed E-state index contributed by atoms with van der Waals surface area (Å²) in [5, 5.41) is 3.24. The average molecular weight is 303 g/mol. The summed E-state index contributed by atoms with van der Waals surface area (Å²) in [6.07, 6.45) is 0.828. The minimum atomic E-state index is -0.174. The third-order valence-electron chi connectivity index (χ3n) is 4.75. The quantitative estimate of drug-likeness (QED) is 0.924. The first-order valence-corrected chi connectivity index (χ1v) is 8.18. The van der Waals surface area contributed by atoms with Gasteiger partial charge in [0.25, 0.3) is 0 Å². The Balaban J connectivity index is 1.81. The molecule has 1 aromatic rings. The number of likely N-dealkylation sites (N-methyl/N-ethyl adjacent to an activating group) is 1. The molecule has 22 heavy (non-hydrogen) atoms. The number of hydrogen-bond donors (Lipinski definition) is 1. The highest BCUT2D eigenvalue weighted by molar-refractivity contribution is 5.69. The van der Waals surface area contributed by atoms with Gasteiger partial charge in [0, 0.05) is 43.8 Å². The maximum absolute atomic E-state index is 12.0. The van der Waals surface area contributed by atoms with Crippen LogP contribution >= 0.6 is 0 Å². The van der Waals surface area contributed by atoms with Crippen molar-refractivity contribution in [1.82, 2.24) is 10.2 Å². The Hall–Kier alpha value is -1.75. The van der Waals surface area contributed by atoms with Gasteiger partial charge in [0.05, 0.1) is 6.61 Å². The normalized spacial score (nSPS) is 23.2. The average Bonchev–Trinajstić information content (AvgIpc) is 2.86. The highest BCUT2D eigenvalue weighted by Gasteiger charge is 2.42. The fourth-order valence-corrected chi connectivity index (χ4v) is 3.76. The number of carbonyl (C=O) groups excluding carboxylic acids is 1. The summed E-state index contributed by atoms with van der Waals surface area (Å²) >= 11 is 0.